The maximum absolute atomic E-state index is 14.4. The first-order valence-electron chi connectivity index (χ1n) is 8.10. The molecule has 3 aromatic heterocycles. The van der Waals surface area contributed by atoms with Crippen LogP contribution in [0.25, 0.3) is 11.3 Å². The van der Waals surface area contributed by atoms with Crippen molar-refractivity contribution in [1.29, 1.82) is 0 Å². The molecule has 0 bridgehead atoms. The van der Waals surface area contributed by atoms with Crippen LogP contribution < -0.4 is 0 Å². The molecule has 1 amide bonds. The molecule has 0 aliphatic heterocycles. The van der Waals surface area contributed by atoms with Gasteiger partial charge >= 0.3 is 0 Å². The van der Waals surface area contributed by atoms with Crippen LogP contribution in [0.2, 0.25) is 0 Å². The average Bonchev–Trinajstić information content (AvgIpc) is 3.31. The van der Waals surface area contributed by atoms with Crippen molar-refractivity contribution in [3.05, 3.63) is 84.3 Å². The van der Waals surface area contributed by atoms with Crippen LogP contribution in [0.4, 0.5) is 4.39 Å². The van der Waals surface area contributed by atoms with E-state index in [-0.39, 0.29) is 18.0 Å². The van der Waals surface area contributed by atoms with Crippen molar-refractivity contribution in [2.24, 2.45) is 0 Å². The molecule has 0 unspecified atom stereocenters. The number of aromatic nitrogens is 4. The van der Waals surface area contributed by atoms with Crippen molar-refractivity contribution in [1.82, 2.24) is 24.1 Å². The summed E-state index contributed by atoms with van der Waals surface area (Å²) >= 11 is 0. The smallest absolute Gasteiger partial charge is 0.254 e. The van der Waals surface area contributed by atoms with Crippen molar-refractivity contribution in [2.75, 3.05) is 7.05 Å². The molecule has 7 heteroatoms. The molecule has 6 nitrogen and oxygen atoms in total. The first-order valence-corrected chi connectivity index (χ1v) is 8.10. The summed E-state index contributed by atoms with van der Waals surface area (Å²) in [4.78, 5) is 14.1. The summed E-state index contributed by atoms with van der Waals surface area (Å²) in [5, 5.41) is 8.19. The molecule has 0 fully saturated rings. The predicted molar refractivity (Wildman–Crippen MR) is 94.5 cm³/mol. The summed E-state index contributed by atoms with van der Waals surface area (Å²) in [6.45, 7) is 0.269. The molecule has 0 aliphatic rings. The van der Waals surface area contributed by atoms with E-state index < -0.39 is 5.82 Å². The maximum Gasteiger partial charge on any atom is 0.254 e. The van der Waals surface area contributed by atoms with Crippen LogP contribution >= 0.6 is 0 Å². The highest BCUT2D eigenvalue weighted by Gasteiger charge is 2.17. The monoisotopic (exact) mass is 349 g/mol. The fourth-order valence-corrected chi connectivity index (χ4v) is 2.85. The van der Waals surface area contributed by atoms with Crippen molar-refractivity contribution >= 4 is 11.6 Å². The van der Waals surface area contributed by atoms with Gasteiger partial charge in [-0.1, -0.05) is 6.07 Å². The second kappa shape index (κ2) is 6.44. The van der Waals surface area contributed by atoms with Crippen LogP contribution in [-0.2, 0) is 6.54 Å². The summed E-state index contributed by atoms with van der Waals surface area (Å²) in [6, 6.07) is 13.7. The SMILES string of the molecule is CN(Cc1nnc2ccccn12)C(=O)c1ccc(-n2cccc2)c(F)c1. The Kier molecular flexibility index (Phi) is 3.96. The minimum Gasteiger partial charge on any atom is -0.334 e. The largest absolute Gasteiger partial charge is 0.334 e. The van der Waals surface area contributed by atoms with Crippen LogP contribution in [0.3, 0.4) is 0 Å². The van der Waals surface area contributed by atoms with E-state index in [0.717, 1.165) is 0 Å². The predicted octanol–water partition coefficient (Wildman–Crippen LogP) is 2.93. The number of rotatable bonds is 4. The number of hydrogen-bond acceptors (Lipinski definition) is 3. The third kappa shape index (κ3) is 2.83. The molecule has 0 radical (unpaired) electrons. The summed E-state index contributed by atoms with van der Waals surface area (Å²) in [5.41, 5.74) is 1.40. The zero-order chi connectivity index (χ0) is 18.1. The van der Waals surface area contributed by atoms with Gasteiger partial charge in [0.2, 0.25) is 0 Å². The van der Waals surface area contributed by atoms with Crippen LogP contribution in [-0.4, -0.2) is 37.0 Å². The second-order valence-corrected chi connectivity index (χ2v) is 5.96. The molecular weight excluding hydrogens is 333 g/mol. The Bertz CT molecular complexity index is 1070. The van der Waals surface area contributed by atoms with Gasteiger partial charge in [-0.05, 0) is 42.5 Å². The maximum atomic E-state index is 14.4. The van der Waals surface area contributed by atoms with Gasteiger partial charge in [0.1, 0.15) is 5.82 Å². The van der Waals surface area contributed by atoms with Gasteiger partial charge in [-0.25, -0.2) is 4.39 Å². The number of nitrogens with zero attached hydrogens (tertiary/aromatic N) is 5. The highest BCUT2D eigenvalue weighted by Crippen LogP contribution is 2.17. The van der Waals surface area contributed by atoms with E-state index in [1.807, 2.05) is 40.9 Å². The lowest BCUT2D eigenvalue weighted by molar-refractivity contribution is 0.0780. The molecule has 1 aromatic carbocycles. The number of amides is 1. The Morgan fingerprint density at radius 3 is 2.62 bits per heavy atom. The lowest BCUT2D eigenvalue weighted by Crippen LogP contribution is -2.27. The molecule has 0 atom stereocenters. The van der Waals surface area contributed by atoms with Crippen LogP contribution in [0, 0.1) is 5.82 Å². The lowest BCUT2D eigenvalue weighted by Gasteiger charge is -2.16. The Morgan fingerprint density at radius 1 is 1.08 bits per heavy atom. The molecule has 0 saturated heterocycles. The first kappa shape index (κ1) is 16.0. The molecule has 0 N–H and O–H groups in total. The minimum atomic E-state index is -0.451. The van der Waals surface area contributed by atoms with E-state index in [1.54, 1.807) is 36.1 Å². The van der Waals surface area contributed by atoms with Gasteiger partial charge in [-0.3, -0.25) is 9.20 Å². The first-order chi connectivity index (χ1) is 12.6. The van der Waals surface area contributed by atoms with Crippen molar-refractivity contribution in [3.8, 4) is 5.69 Å². The van der Waals surface area contributed by atoms with Gasteiger partial charge < -0.3 is 9.47 Å². The number of carbonyl (C=O) groups excluding carboxylic acids is 1. The Morgan fingerprint density at radius 2 is 1.85 bits per heavy atom. The Labute approximate surface area is 149 Å². The lowest BCUT2D eigenvalue weighted by atomic mass is 10.1. The molecule has 130 valence electrons. The number of carbonyl (C=O) groups is 1. The molecule has 4 rings (SSSR count). The van der Waals surface area contributed by atoms with E-state index in [1.165, 1.54) is 11.0 Å². The molecule has 0 spiro atoms. The number of fused-ring (bicyclic) bond motifs is 1. The van der Waals surface area contributed by atoms with Gasteiger partial charge in [0.15, 0.2) is 11.5 Å². The summed E-state index contributed by atoms with van der Waals surface area (Å²) in [5.74, 6) is -0.0927. The topological polar surface area (TPSA) is 55.4 Å². The third-order valence-electron chi connectivity index (χ3n) is 4.19. The average molecular weight is 349 g/mol. The fraction of sp³-hybridized carbons (Fsp3) is 0.105. The quantitative estimate of drug-likeness (QED) is 0.569. The number of benzene rings is 1. The van der Waals surface area contributed by atoms with Gasteiger partial charge in [-0.15, -0.1) is 10.2 Å². The normalized spacial score (nSPS) is 11.0. The number of halogens is 1. The third-order valence-corrected chi connectivity index (χ3v) is 4.19. The molecule has 0 saturated carbocycles. The Balaban J connectivity index is 1.56. The zero-order valence-corrected chi connectivity index (χ0v) is 14.1. The standard InChI is InChI=1S/C19H16FN5O/c1-23(13-18-22-21-17-6-2-3-11-25(17)18)19(26)14-7-8-16(15(20)12-14)24-9-4-5-10-24/h2-12H,13H2,1H3. The number of hydrogen-bond donors (Lipinski definition) is 0. The summed E-state index contributed by atoms with van der Waals surface area (Å²) in [7, 11) is 1.66. The molecule has 4 aromatic rings. The fourth-order valence-electron chi connectivity index (χ4n) is 2.85. The molecule has 3 heterocycles. The molecule has 0 aliphatic carbocycles. The van der Waals surface area contributed by atoms with Crippen LogP contribution in [0.5, 0.6) is 0 Å². The van der Waals surface area contributed by atoms with E-state index in [9.17, 15) is 9.18 Å². The highest BCUT2D eigenvalue weighted by molar-refractivity contribution is 5.94. The van der Waals surface area contributed by atoms with Crippen molar-refractivity contribution in [3.63, 3.8) is 0 Å². The van der Waals surface area contributed by atoms with Crippen LogP contribution in [0.1, 0.15) is 16.2 Å². The molecular formula is C19H16FN5O. The van der Waals surface area contributed by atoms with Gasteiger partial charge in [0.05, 0.1) is 12.2 Å². The highest BCUT2D eigenvalue weighted by atomic mass is 19.1. The van der Waals surface area contributed by atoms with Gasteiger partial charge in [0.25, 0.3) is 5.91 Å². The van der Waals surface area contributed by atoms with Crippen molar-refractivity contribution in [2.45, 2.75) is 6.54 Å². The summed E-state index contributed by atoms with van der Waals surface area (Å²) < 4.78 is 17.9. The van der Waals surface area contributed by atoms with Crippen LogP contribution in [0.15, 0.2) is 67.1 Å². The van der Waals surface area contributed by atoms with Gasteiger partial charge in [0, 0.05) is 31.2 Å². The number of pyridine rings is 1. The van der Waals surface area contributed by atoms with E-state index >= 15 is 0 Å². The Hall–Kier alpha value is -3.48. The van der Waals surface area contributed by atoms with E-state index in [2.05, 4.69) is 10.2 Å². The van der Waals surface area contributed by atoms with E-state index in [0.29, 0.717) is 17.2 Å². The molecule has 26 heavy (non-hydrogen) atoms. The van der Waals surface area contributed by atoms with E-state index in [4.69, 9.17) is 0 Å². The second-order valence-electron chi connectivity index (χ2n) is 5.96. The zero-order valence-electron chi connectivity index (χ0n) is 14.1. The summed E-state index contributed by atoms with van der Waals surface area (Å²) in [6.07, 6.45) is 5.35. The van der Waals surface area contributed by atoms with Crippen molar-refractivity contribution < 1.29 is 9.18 Å². The van der Waals surface area contributed by atoms with Gasteiger partial charge in [-0.2, -0.15) is 0 Å². The minimum absolute atomic E-state index is 0.269.